The summed E-state index contributed by atoms with van der Waals surface area (Å²) in [6.45, 7) is 0. The standard InChI is InChI=1S/C24H18F2N2O4/c1-31-19-9-5-3-7-15(19)21-22(27-14-11-12-16(25)17(26)13-14)24(30)28(23(21)29)18-8-4-6-10-20(18)32-2/h3-13,27H,1-2H3. The first-order chi connectivity index (χ1) is 15.5. The van der Waals surface area contributed by atoms with Crippen LogP contribution in [-0.2, 0) is 9.59 Å². The van der Waals surface area contributed by atoms with E-state index in [0.717, 1.165) is 17.0 Å². The summed E-state index contributed by atoms with van der Waals surface area (Å²) in [5.41, 5.74) is 0.657. The van der Waals surface area contributed by atoms with E-state index in [-0.39, 0.29) is 22.6 Å². The van der Waals surface area contributed by atoms with Gasteiger partial charge in [0.15, 0.2) is 11.6 Å². The summed E-state index contributed by atoms with van der Waals surface area (Å²) in [6.07, 6.45) is 0. The summed E-state index contributed by atoms with van der Waals surface area (Å²) in [4.78, 5) is 28.0. The van der Waals surface area contributed by atoms with Crippen molar-refractivity contribution in [1.82, 2.24) is 0 Å². The van der Waals surface area contributed by atoms with Gasteiger partial charge in [0.1, 0.15) is 17.2 Å². The van der Waals surface area contributed by atoms with Gasteiger partial charge < -0.3 is 14.8 Å². The first-order valence-electron chi connectivity index (χ1n) is 9.57. The average molecular weight is 436 g/mol. The van der Waals surface area contributed by atoms with Crippen molar-refractivity contribution in [3.63, 3.8) is 0 Å². The van der Waals surface area contributed by atoms with Crippen molar-refractivity contribution in [2.45, 2.75) is 0 Å². The maximum Gasteiger partial charge on any atom is 0.282 e. The van der Waals surface area contributed by atoms with E-state index in [1.165, 1.54) is 20.3 Å². The number of hydrogen-bond acceptors (Lipinski definition) is 5. The van der Waals surface area contributed by atoms with Gasteiger partial charge >= 0.3 is 0 Å². The predicted molar refractivity (Wildman–Crippen MR) is 115 cm³/mol. The Balaban J connectivity index is 1.89. The Morgan fingerprint density at radius 2 is 1.44 bits per heavy atom. The lowest BCUT2D eigenvalue weighted by atomic mass is 10.0. The monoisotopic (exact) mass is 436 g/mol. The number of methoxy groups -OCH3 is 2. The molecule has 2 amide bonds. The van der Waals surface area contributed by atoms with Crippen LogP contribution in [0.2, 0.25) is 0 Å². The fourth-order valence-electron chi connectivity index (χ4n) is 3.50. The van der Waals surface area contributed by atoms with Gasteiger partial charge in [-0.1, -0.05) is 30.3 Å². The van der Waals surface area contributed by atoms with Crippen molar-refractivity contribution in [1.29, 1.82) is 0 Å². The molecule has 4 rings (SSSR count). The summed E-state index contributed by atoms with van der Waals surface area (Å²) >= 11 is 0. The molecule has 3 aromatic carbocycles. The van der Waals surface area contributed by atoms with Crippen molar-refractivity contribution < 1.29 is 27.8 Å². The van der Waals surface area contributed by atoms with E-state index in [1.807, 2.05) is 0 Å². The Bertz CT molecular complexity index is 1260. The van der Waals surface area contributed by atoms with Crippen LogP contribution in [0.15, 0.2) is 72.4 Å². The molecule has 0 saturated carbocycles. The number of imide groups is 1. The average Bonchev–Trinajstić information content (AvgIpc) is 3.05. The second kappa shape index (κ2) is 8.50. The third-order valence-electron chi connectivity index (χ3n) is 4.98. The number of anilines is 2. The highest BCUT2D eigenvalue weighted by molar-refractivity contribution is 6.46. The molecule has 0 atom stereocenters. The number of halogens is 2. The first-order valence-corrected chi connectivity index (χ1v) is 9.57. The summed E-state index contributed by atoms with van der Waals surface area (Å²) in [5.74, 6) is -2.72. The van der Waals surface area contributed by atoms with Crippen LogP contribution in [0.1, 0.15) is 5.56 Å². The number of nitrogens with zero attached hydrogens (tertiary/aromatic N) is 1. The SMILES string of the molecule is COc1ccccc1C1=C(Nc2ccc(F)c(F)c2)C(=O)N(c2ccccc2OC)C1=O. The van der Waals surface area contributed by atoms with Gasteiger partial charge in [0.2, 0.25) is 0 Å². The van der Waals surface area contributed by atoms with E-state index in [2.05, 4.69) is 5.32 Å². The molecular formula is C24H18F2N2O4. The highest BCUT2D eigenvalue weighted by Crippen LogP contribution is 2.40. The smallest absolute Gasteiger partial charge is 0.282 e. The van der Waals surface area contributed by atoms with Gasteiger partial charge in [-0.05, 0) is 30.3 Å². The fraction of sp³-hybridized carbons (Fsp3) is 0.0833. The molecule has 6 nitrogen and oxygen atoms in total. The van der Waals surface area contributed by atoms with Crippen molar-refractivity contribution in [3.05, 3.63) is 89.6 Å². The molecule has 0 bridgehead atoms. The maximum atomic E-state index is 13.8. The Morgan fingerprint density at radius 3 is 2.12 bits per heavy atom. The molecule has 0 saturated heterocycles. The number of carbonyl (C=O) groups is 2. The summed E-state index contributed by atoms with van der Waals surface area (Å²) in [7, 11) is 2.87. The maximum absolute atomic E-state index is 13.8. The van der Waals surface area contributed by atoms with E-state index >= 15 is 0 Å². The Hall–Kier alpha value is -4.20. The van der Waals surface area contributed by atoms with Crippen LogP contribution in [0, 0.1) is 11.6 Å². The summed E-state index contributed by atoms with van der Waals surface area (Å²) in [5, 5.41) is 2.79. The second-order valence-corrected chi connectivity index (χ2v) is 6.82. The summed E-state index contributed by atoms with van der Waals surface area (Å²) < 4.78 is 37.9. The van der Waals surface area contributed by atoms with Crippen molar-refractivity contribution in [2.24, 2.45) is 0 Å². The Kier molecular flexibility index (Phi) is 5.59. The van der Waals surface area contributed by atoms with Crippen LogP contribution in [0.4, 0.5) is 20.2 Å². The number of rotatable bonds is 6. The number of hydrogen-bond donors (Lipinski definition) is 1. The first kappa shape index (κ1) is 21.0. The number of nitrogens with one attached hydrogen (secondary N) is 1. The minimum Gasteiger partial charge on any atom is -0.496 e. The highest BCUT2D eigenvalue weighted by Gasteiger charge is 2.42. The van der Waals surface area contributed by atoms with Gasteiger partial charge in [-0.15, -0.1) is 0 Å². The molecule has 1 aliphatic heterocycles. The molecule has 0 unspecified atom stereocenters. The lowest BCUT2D eigenvalue weighted by Crippen LogP contribution is -2.32. The van der Waals surface area contributed by atoms with E-state index in [1.54, 1.807) is 48.5 Å². The molecule has 162 valence electrons. The van der Waals surface area contributed by atoms with Gasteiger partial charge in [0, 0.05) is 17.3 Å². The molecule has 1 heterocycles. The number of ether oxygens (including phenoxy) is 2. The molecule has 0 radical (unpaired) electrons. The zero-order valence-electron chi connectivity index (χ0n) is 17.2. The van der Waals surface area contributed by atoms with Crippen LogP contribution in [-0.4, -0.2) is 26.0 Å². The van der Waals surface area contributed by atoms with Crippen LogP contribution in [0.3, 0.4) is 0 Å². The summed E-state index contributed by atoms with van der Waals surface area (Å²) in [6, 6.07) is 16.4. The van der Waals surface area contributed by atoms with Crippen molar-refractivity contribution in [2.75, 3.05) is 24.4 Å². The van der Waals surface area contributed by atoms with Crippen LogP contribution < -0.4 is 19.7 Å². The molecule has 0 aliphatic carbocycles. The second-order valence-electron chi connectivity index (χ2n) is 6.82. The quantitative estimate of drug-likeness (QED) is 0.581. The zero-order valence-corrected chi connectivity index (χ0v) is 17.2. The molecule has 3 aromatic rings. The predicted octanol–water partition coefficient (Wildman–Crippen LogP) is 4.38. The van der Waals surface area contributed by atoms with Gasteiger partial charge in [-0.2, -0.15) is 0 Å². The van der Waals surface area contributed by atoms with Gasteiger partial charge in [0.25, 0.3) is 11.8 Å². The van der Waals surface area contributed by atoms with Crippen LogP contribution >= 0.6 is 0 Å². The molecule has 0 fully saturated rings. The van der Waals surface area contributed by atoms with Gasteiger partial charge in [-0.25, -0.2) is 13.7 Å². The topological polar surface area (TPSA) is 67.9 Å². The van der Waals surface area contributed by atoms with E-state index in [0.29, 0.717) is 17.1 Å². The van der Waals surface area contributed by atoms with Crippen molar-refractivity contribution >= 4 is 28.8 Å². The zero-order chi connectivity index (χ0) is 22.8. The van der Waals surface area contributed by atoms with E-state index < -0.39 is 23.4 Å². The molecule has 32 heavy (non-hydrogen) atoms. The molecule has 1 aliphatic rings. The molecular weight excluding hydrogens is 418 g/mol. The normalized spacial score (nSPS) is 13.6. The molecule has 0 aromatic heterocycles. The van der Waals surface area contributed by atoms with E-state index in [4.69, 9.17) is 9.47 Å². The van der Waals surface area contributed by atoms with Crippen LogP contribution in [0.25, 0.3) is 5.57 Å². The molecule has 0 spiro atoms. The van der Waals surface area contributed by atoms with E-state index in [9.17, 15) is 18.4 Å². The number of carbonyl (C=O) groups excluding carboxylic acids is 2. The number of para-hydroxylation sites is 3. The highest BCUT2D eigenvalue weighted by atomic mass is 19.2. The minimum atomic E-state index is -1.09. The third kappa shape index (κ3) is 3.56. The molecule has 1 N–H and O–H groups in total. The van der Waals surface area contributed by atoms with Crippen molar-refractivity contribution in [3.8, 4) is 11.5 Å². The number of benzene rings is 3. The Labute approximate surface area is 182 Å². The van der Waals surface area contributed by atoms with Gasteiger partial charge in [0.05, 0.1) is 25.5 Å². The third-order valence-corrected chi connectivity index (χ3v) is 4.98. The van der Waals surface area contributed by atoms with Crippen LogP contribution in [0.5, 0.6) is 11.5 Å². The minimum absolute atomic E-state index is 0.0306. The Morgan fingerprint density at radius 1 is 0.781 bits per heavy atom. The lowest BCUT2D eigenvalue weighted by Gasteiger charge is -2.18. The largest absolute Gasteiger partial charge is 0.496 e. The fourth-order valence-corrected chi connectivity index (χ4v) is 3.50. The van der Waals surface area contributed by atoms with Gasteiger partial charge in [-0.3, -0.25) is 9.59 Å². The lowest BCUT2D eigenvalue weighted by molar-refractivity contribution is -0.120. The molecule has 8 heteroatoms. The number of amides is 2.